The van der Waals surface area contributed by atoms with E-state index in [-0.39, 0.29) is 31.8 Å². The van der Waals surface area contributed by atoms with Gasteiger partial charge in [0.05, 0.1) is 6.10 Å². The number of rotatable bonds is 4. The molecular weight excluding hydrogens is 373 g/mol. The molecule has 3 rings (SSSR count). The second-order valence-corrected chi connectivity index (χ2v) is 7.24. The summed E-state index contributed by atoms with van der Waals surface area (Å²) in [7, 11) is 0. The maximum Gasteiger partial charge on any atom is 0.314 e. The van der Waals surface area contributed by atoms with Gasteiger partial charge in [0.2, 0.25) is 0 Å². The number of hydrogen-bond donors (Lipinski definition) is 2. The number of amides is 1. The average molecular weight is 392 g/mol. The van der Waals surface area contributed by atoms with Gasteiger partial charge in [-0.25, -0.2) is 4.39 Å². The standard InChI is InChI=1S/C20H19ClFNO4/c21-15-6-4-14(5-7-15)18(25)23-9-8-17(24)20(12-23,19(26)27)11-13-2-1-3-16(22)10-13/h1-7,10,17,24H,8-9,11-12H2,(H,26,27)/t17-,20+/m0/s1. The third kappa shape index (κ3) is 3.96. The smallest absolute Gasteiger partial charge is 0.314 e. The summed E-state index contributed by atoms with van der Waals surface area (Å²) >= 11 is 5.84. The van der Waals surface area contributed by atoms with Crippen molar-refractivity contribution in [2.24, 2.45) is 5.41 Å². The normalized spacial score (nSPS) is 22.5. The molecule has 0 spiro atoms. The zero-order chi connectivity index (χ0) is 19.6. The van der Waals surface area contributed by atoms with Crippen LogP contribution in [0.25, 0.3) is 0 Å². The van der Waals surface area contributed by atoms with E-state index in [1.807, 2.05) is 0 Å². The fraction of sp³-hybridized carbons (Fsp3) is 0.300. The molecule has 7 heteroatoms. The van der Waals surface area contributed by atoms with E-state index < -0.39 is 23.3 Å². The highest BCUT2D eigenvalue weighted by molar-refractivity contribution is 6.30. The predicted molar refractivity (Wildman–Crippen MR) is 98.2 cm³/mol. The Morgan fingerprint density at radius 1 is 1.22 bits per heavy atom. The SMILES string of the molecule is O=C(c1ccc(Cl)cc1)N1CC[C@H](O)[C@](Cc2cccc(F)c2)(C(=O)O)C1. The van der Waals surface area contributed by atoms with Crippen molar-refractivity contribution in [3.05, 3.63) is 70.5 Å². The molecule has 1 aliphatic heterocycles. The van der Waals surface area contributed by atoms with Crippen LogP contribution in [0.1, 0.15) is 22.3 Å². The van der Waals surface area contributed by atoms with E-state index in [9.17, 15) is 24.2 Å². The van der Waals surface area contributed by atoms with Crippen molar-refractivity contribution in [2.75, 3.05) is 13.1 Å². The van der Waals surface area contributed by atoms with Crippen molar-refractivity contribution < 1.29 is 24.2 Å². The molecule has 1 heterocycles. The zero-order valence-corrected chi connectivity index (χ0v) is 15.2. The van der Waals surface area contributed by atoms with Crippen molar-refractivity contribution in [2.45, 2.75) is 18.9 Å². The van der Waals surface area contributed by atoms with Gasteiger partial charge in [0.25, 0.3) is 5.91 Å². The highest BCUT2D eigenvalue weighted by Gasteiger charge is 2.50. The number of carboxylic acid groups (broad SMARTS) is 1. The van der Waals surface area contributed by atoms with Gasteiger partial charge in [0.15, 0.2) is 0 Å². The molecule has 0 aliphatic carbocycles. The topological polar surface area (TPSA) is 77.8 Å². The van der Waals surface area contributed by atoms with Gasteiger partial charge in [-0.05, 0) is 54.8 Å². The first kappa shape index (κ1) is 19.3. The summed E-state index contributed by atoms with van der Waals surface area (Å²) in [5.41, 5.74) is -0.758. The lowest BCUT2D eigenvalue weighted by atomic mass is 9.72. The number of likely N-dealkylation sites (tertiary alicyclic amines) is 1. The number of carbonyl (C=O) groups is 2. The summed E-state index contributed by atoms with van der Waals surface area (Å²) in [4.78, 5) is 26.3. The fourth-order valence-corrected chi connectivity index (χ4v) is 3.62. The summed E-state index contributed by atoms with van der Waals surface area (Å²) in [6.45, 7) is 0.0717. The minimum absolute atomic E-state index is 0.0777. The van der Waals surface area contributed by atoms with E-state index in [2.05, 4.69) is 0 Å². The average Bonchev–Trinajstić information content (AvgIpc) is 2.63. The Kier molecular flexibility index (Phi) is 5.48. The van der Waals surface area contributed by atoms with Crippen molar-refractivity contribution in [1.82, 2.24) is 4.90 Å². The summed E-state index contributed by atoms with van der Waals surface area (Å²) in [6.07, 6.45) is -1.10. The van der Waals surface area contributed by atoms with Gasteiger partial charge in [0.1, 0.15) is 11.2 Å². The van der Waals surface area contributed by atoms with Gasteiger partial charge >= 0.3 is 5.97 Å². The van der Waals surface area contributed by atoms with Crippen LogP contribution >= 0.6 is 11.6 Å². The number of carboxylic acids is 1. The summed E-state index contributed by atoms with van der Waals surface area (Å²) in [5, 5.41) is 20.9. The van der Waals surface area contributed by atoms with Gasteiger partial charge in [-0.3, -0.25) is 9.59 Å². The first-order chi connectivity index (χ1) is 12.8. The first-order valence-corrected chi connectivity index (χ1v) is 8.90. The lowest BCUT2D eigenvalue weighted by molar-refractivity contribution is -0.161. The highest BCUT2D eigenvalue weighted by atomic mass is 35.5. The van der Waals surface area contributed by atoms with Crippen LogP contribution in [0.4, 0.5) is 4.39 Å². The van der Waals surface area contributed by atoms with E-state index in [0.29, 0.717) is 16.1 Å². The molecular formula is C20H19ClFNO4. The number of benzene rings is 2. The van der Waals surface area contributed by atoms with E-state index in [1.54, 1.807) is 30.3 Å². The van der Waals surface area contributed by atoms with Crippen molar-refractivity contribution >= 4 is 23.5 Å². The van der Waals surface area contributed by atoms with Crippen LogP contribution in [0, 0.1) is 11.2 Å². The quantitative estimate of drug-likeness (QED) is 0.839. The van der Waals surface area contributed by atoms with Gasteiger partial charge < -0.3 is 15.1 Å². The number of aliphatic hydroxyl groups excluding tert-OH is 1. The number of aliphatic hydroxyl groups is 1. The molecule has 1 amide bonds. The van der Waals surface area contributed by atoms with Crippen LogP contribution in [0.3, 0.4) is 0 Å². The van der Waals surface area contributed by atoms with Crippen molar-refractivity contribution in [3.63, 3.8) is 0 Å². The second kappa shape index (κ2) is 7.66. The van der Waals surface area contributed by atoms with Crippen LogP contribution in [-0.4, -0.2) is 46.2 Å². The van der Waals surface area contributed by atoms with E-state index in [1.165, 1.54) is 23.1 Å². The minimum atomic E-state index is -1.60. The predicted octanol–water partition coefficient (Wildman–Crippen LogP) is 3.00. The summed E-state index contributed by atoms with van der Waals surface area (Å²) in [5.74, 6) is -2.02. The zero-order valence-electron chi connectivity index (χ0n) is 14.4. The first-order valence-electron chi connectivity index (χ1n) is 8.52. The molecule has 2 N–H and O–H groups in total. The Labute approximate surface area is 161 Å². The Morgan fingerprint density at radius 3 is 2.56 bits per heavy atom. The maximum atomic E-state index is 13.5. The molecule has 0 bridgehead atoms. The van der Waals surface area contributed by atoms with Gasteiger partial charge in [-0.2, -0.15) is 0 Å². The third-order valence-corrected chi connectivity index (χ3v) is 5.25. The maximum absolute atomic E-state index is 13.5. The van der Waals surface area contributed by atoms with Crippen molar-refractivity contribution in [1.29, 1.82) is 0 Å². The molecule has 2 aromatic carbocycles. The van der Waals surface area contributed by atoms with E-state index in [4.69, 9.17) is 11.6 Å². The minimum Gasteiger partial charge on any atom is -0.481 e. The van der Waals surface area contributed by atoms with E-state index >= 15 is 0 Å². The molecule has 0 aromatic heterocycles. The third-order valence-electron chi connectivity index (χ3n) is 5.00. The Balaban J connectivity index is 1.89. The molecule has 2 aromatic rings. The molecule has 2 atom stereocenters. The number of nitrogens with zero attached hydrogens (tertiary/aromatic N) is 1. The van der Waals surface area contributed by atoms with Crippen LogP contribution in [-0.2, 0) is 11.2 Å². The molecule has 0 unspecified atom stereocenters. The number of hydrogen-bond acceptors (Lipinski definition) is 3. The molecule has 0 radical (unpaired) electrons. The monoisotopic (exact) mass is 391 g/mol. The lowest BCUT2D eigenvalue weighted by Crippen LogP contribution is -2.58. The number of halogens is 2. The molecule has 1 aliphatic rings. The second-order valence-electron chi connectivity index (χ2n) is 6.81. The van der Waals surface area contributed by atoms with Crippen LogP contribution < -0.4 is 0 Å². The Morgan fingerprint density at radius 2 is 1.93 bits per heavy atom. The fourth-order valence-electron chi connectivity index (χ4n) is 3.50. The largest absolute Gasteiger partial charge is 0.481 e. The Bertz CT molecular complexity index is 857. The molecule has 0 saturated carbocycles. The Hall–Kier alpha value is -2.44. The molecule has 27 heavy (non-hydrogen) atoms. The van der Waals surface area contributed by atoms with Crippen LogP contribution in [0.2, 0.25) is 5.02 Å². The number of aliphatic carboxylic acids is 1. The molecule has 1 fully saturated rings. The van der Waals surface area contributed by atoms with Gasteiger partial charge in [-0.1, -0.05) is 23.7 Å². The highest BCUT2D eigenvalue weighted by Crippen LogP contribution is 2.35. The molecule has 142 valence electrons. The van der Waals surface area contributed by atoms with Crippen molar-refractivity contribution in [3.8, 4) is 0 Å². The van der Waals surface area contributed by atoms with Gasteiger partial charge in [-0.15, -0.1) is 0 Å². The van der Waals surface area contributed by atoms with Crippen LogP contribution in [0.15, 0.2) is 48.5 Å². The number of carbonyl (C=O) groups excluding carboxylic acids is 1. The van der Waals surface area contributed by atoms with Gasteiger partial charge in [0, 0.05) is 23.7 Å². The molecule has 5 nitrogen and oxygen atoms in total. The van der Waals surface area contributed by atoms with Crippen LogP contribution in [0.5, 0.6) is 0 Å². The molecule has 1 saturated heterocycles. The number of piperidine rings is 1. The summed E-state index contributed by atoms with van der Waals surface area (Å²) in [6, 6.07) is 11.9. The van der Waals surface area contributed by atoms with E-state index in [0.717, 1.165) is 0 Å². The lowest BCUT2D eigenvalue weighted by Gasteiger charge is -2.43. The summed E-state index contributed by atoms with van der Waals surface area (Å²) < 4.78 is 13.5.